The summed E-state index contributed by atoms with van der Waals surface area (Å²) in [7, 11) is -1.83. The number of carbonyl (C=O) groups is 3. The van der Waals surface area contributed by atoms with Crippen LogP contribution in [0.4, 0.5) is 0 Å². The quantitative estimate of drug-likeness (QED) is 0.0378. The van der Waals surface area contributed by atoms with E-state index < -0.39 is 69.2 Å². The number of halogens is 2. The maximum atomic E-state index is 14.4. The molecule has 0 aromatic heterocycles. The van der Waals surface area contributed by atoms with E-state index in [0.29, 0.717) is 48.9 Å². The van der Waals surface area contributed by atoms with Gasteiger partial charge in [-0.15, -0.1) is 0 Å². The molecule has 1 amide bonds. The van der Waals surface area contributed by atoms with Crippen LogP contribution in [0.5, 0.6) is 11.5 Å². The predicted molar refractivity (Wildman–Crippen MR) is 278 cm³/mol. The van der Waals surface area contributed by atoms with Gasteiger partial charge in [-0.05, 0) is 121 Å². The first-order valence-corrected chi connectivity index (χ1v) is 29.8. The lowest BCUT2D eigenvalue weighted by atomic mass is 9.95. The average Bonchev–Trinajstić information content (AvgIpc) is 3.30. The number of hydrogen-bond acceptors (Lipinski definition) is 11. The van der Waals surface area contributed by atoms with Crippen LogP contribution < -0.4 is 14.8 Å². The zero-order chi connectivity index (χ0) is 50.3. The number of unbranched alkanes of at least 4 members (excludes halogenated alkanes) is 17. The molecule has 1 heterocycles. The Balaban J connectivity index is 1.63. The van der Waals surface area contributed by atoms with Crippen LogP contribution in [0.15, 0.2) is 48.5 Å². The summed E-state index contributed by atoms with van der Waals surface area (Å²) in [5.41, 5.74) is -0.537. The van der Waals surface area contributed by atoms with Crippen LogP contribution in [0, 0.1) is 0 Å². The minimum absolute atomic E-state index is 0.0107. The van der Waals surface area contributed by atoms with Gasteiger partial charge in [0.1, 0.15) is 29.7 Å². The van der Waals surface area contributed by atoms with Gasteiger partial charge in [-0.25, -0.2) is 0 Å². The van der Waals surface area contributed by atoms with E-state index in [9.17, 15) is 19.5 Å². The lowest BCUT2D eigenvalue weighted by Gasteiger charge is -2.45. The van der Waals surface area contributed by atoms with E-state index in [1.807, 2.05) is 58.1 Å². The molecule has 392 valence electrons. The van der Waals surface area contributed by atoms with Crippen molar-refractivity contribution in [2.45, 2.75) is 231 Å². The van der Waals surface area contributed by atoms with Crippen molar-refractivity contribution in [3.63, 3.8) is 0 Å². The summed E-state index contributed by atoms with van der Waals surface area (Å²) in [5.74, 6) is 0.0929. The number of aliphatic hydroxyl groups is 1. The lowest BCUT2D eigenvalue weighted by Crippen LogP contribution is -2.67. The minimum Gasteiger partial charge on any atom is -0.494 e. The molecular weight excluding hydrogens is 938 g/mol. The number of esters is 2. The highest BCUT2D eigenvalue weighted by Crippen LogP contribution is 2.28. The summed E-state index contributed by atoms with van der Waals surface area (Å²) >= 11 is 11.9. The Morgan fingerprint density at radius 1 is 0.681 bits per heavy atom. The fraction of sp³-hybridized carbons (Fsp3) is 0.722. The Hall–Kier alpha value is -2.91. The van der Waals surface area contributed by atoms with Crippen LogP contribution in [-0.2, 0) is 37.8 Å². The van der Waals surface area contributed by atoms with Crippen LogP contribution in [0.3, 0.4) is 0 Å². The van der Waals surface area contributed by atoms with E-state index in [1.165, 1.54) is 38.5 Å². The van der Waals surface area contributed by atoms with Gasteiger partial charge in [0.2, 0.25) is 0 Å². The number of amides is 1. The summed E-state index contributed by atoms with van der Waals surface area (Å²) in [6, 6.07) is 13.5. The molecule has 2 aromatic carbocycles. The molecule has 1 fully saturated rings. The number of nitrogens with one attached hydrogen (secondary N) is 1. The molecule has 2 N–H and O–H groups in total. The fourth-order valence-corrected chi connectivity index (χ4v) is 9.08. The first kappa shape index (κ1) is 60.4. The summed E-state index contributed by atoms with van der Waals surface area (Å²) in [4.78, 5) is 41.3. The highest BCUT2D eigenvalue weighted by atomic mass is 35.5. The van der Waals surface area contributed by atoms with Gasteiger partial charge >= 0.3 is 11.9 Å². The Bertz CT molecular complexity index is 1680. The number of aliphatic hydroxyl groups excluding tert-OH is 1. The second kappa shape index (κ2) is 35.2. The highest BCUT2D eigenvalue weighted by Gasteiger charge is 2.50. The van der Waals surface area contributed by atoms with Gasteiger partial charge in [0.25, 0.3) is 5.91 Å². The first-order chi connectivity index (χ1) is 33.1. The molecule has 0 radical (unpaired) electrons. The number of hydrogen-bond donors (Lipinski definition) is 2. The molecule has 2 aromatic rings. The SMILES string of the molecule is CCCCCCCCCCCCC(OC(=O)CCCCCCCOc1ccc(Cl)cc1)C(=O)N[C@H]1C(O[SiH](C)C)O[C@H](COC(C)(C)C)[C@@H](O)[C@@H]1OC(=O)CCCCCCCOc1ccc(Cl)cc1. The standard InChI is InChI=1S/C54H87Cl2NO11Si/c1-7-8-9-10-11-12-13-14-17-22-27-45(65-47(58)28-23-18-15-20-25-38-62-43-34-30-41(55)31-35-43)52(61)57-49-51(50(60)46(40-64-54(2,3)4)66-53(49)68-69(5)6)67-48(59)29-24-19-16-21-26-39-63-44-36-32-42(56)33-37-44/h30-37,45-46,49-51,53,60,69H,7-29,38-40H2,1-6H3,(H,57,61)/t45?,46-,49-,50-,51-,53?/m1/s1. The van der Waals surface area contributed by atoms with Gasteiger partial charge in [0.05, 0.1) is 25.4 Å². The van der Waals surface area contributed by atoms with E-state index in [0.717, 1.165) is 82.1 Å². The molecule has 12 nitrogen and oxygen atoms in total. The summed E-state index contributed by atoms with van der Waals surface area (Å²) in [5, 5.41) is 16.2. The van der Waals surface area contributed by atoms with Gasteiger partial charge in [0, 0.05) is 22.9 Å². The third-order valence-electron chi connectivity index (χ3n) is 11.9. The van der Waals surface area contributed by atoms with Crippen LogP contribution >= 0.6 is 23.2 Å². The second-order valence-corrected chi connectivity index (χ2v) is 23.0. The molecule has 0 bridgehead atoms. The van der Waals surface area contributed by atoms with Crippen molar-refractivity contribution in [3.8, 4) is 11.5 Å². The zero-order valence-electron chi connectivity index (χ0n) is 42.8. The second-order valence-electron chi connectivity index (χ2n) is 19.7. The van der Waals surface area contributed by atoms with Gasteiger partial charge < -0.3 is 43.3 Å². The lowest BCUT2D eigenvalue weighted by molar-refractivity contribution is -0.259. The average molecular weight is 1030 g/mol. The third kappa shape index (κ3) is 27.5. The Morgan fingerprint density at radius 3 is 1.64 bits per heavy atom. The van der Waals surface area contributed by atoms with E-state index in [4.69, 9.17) is 56.0 Å². The Morgan fingerprint density at radius 2 is 1.14 bits per heavy atom. The molecule has 69 heavy (non-hydrogen) atoms. The van der Waals surface area contributed by atoms with Gasteiger partial charge in [-0.3, -0.25) is 14.4 Å². The van der Waals surface area contributed by atoms with Crippen LogP contribution in [0.1, 0.15) is 175 Å². The van der Waals surface area contributed by atoms with Crippen molar-refractivity contribution in [2.24, 2.45) is 0 Å². The smallest absolute Gasteiger partial charge is 0.306 e. The number of rotatable bonds is 37. The van der Waals surface area contributed by atoms with Crippen LogP contribution in [-0.4, -0.2) is 94.2 Å². The van der Waals surface area contributed by atoms with Crippen molar-refractivity contribution >= 4 is 50.1 Å². The van der Waals surface area contributed by atoms with Gasteiger partial charge in [-0.2, -0.15) is 0 Å². The van der Waals surface area contributed by atoms with Crippen molar-refractivity contribution in [1.29, 1.82) is 0 Å². The first-order valence-electron chi connectivity index (χ1n) is 26.2. The van der Waals surface area contributed by atoms with Gasteiger partial charge in [0.15, 0.2) is 27.5 Å². The molecular formula is C54H87Cl2NO11Si. The molecule has 0 aliphatic carbocycles. The highest BCUT2D eigenvalue weighted by molar-refractivity contribution is 6.48. The molecule has 1 aliphatic rings. The van der Waals surface area contributed by atoms with Gasteiger partial charge in [-0.1, -0.05) is 126 Å². The Labute approximate surface area is 426 Å². The molecule has 6 atom stereocenters. The number of benzene rings is 2. The molecule has 0 saturated carbocycles. The summed E-state index contributed by atoms with van der Waals surface area (Å²) in [6.07, 6.45) is 14.7. The fourth-order valence-electron chi connectivity index (χ4n) is 8.06. The van der Waals surface area contributed by atoms with Crippen molar-refractivity contribution in [3.05, 3.63) is 58.6 Å². The largest absolute Gasteiger partial charge is 0.494 e. The topological polar surface area (TPSA) is 148 Å². The minimum atomic E-state index is -1.83. The maximum absolute atomic E-state index is 14.4. The predicted octanol–water partition coefficient (Wildman–Crippen LogP) is 12.7. The molecule has 2 unspecified atom stereocenters. The molecule has 1 aliphatic heterocycles. The zero-order valence-corrected chi connectivity index (χ0v) is 45.5. The summed E-state index contributed by atoms with van der Waals surface area (Å²) in [6.45, 7) is 13.1. The van der Waals surface area contributed by atoms with E-state index in [1.54, 1.807) is 24.3 Å². The van der Waals surface area contributed by atoms with Crippen molar-refractivity contribution in [2.75, 3.05) is 19.8 Å². The molecule has 3 rings (SSSR count). The summed E-state index contributed by atoms with van der Waals surface area (Å²) < 4.78 is 42.4. The number of carbonyl (C=O) groups excluding carboxylic acids is 3. The monoisotopic (exact) mass is 1020 g/mol. The van der Waals surface area contributed by atoms with E-state index in [2.05, 4.69) is 12.2 Å². The van der Waals surface area contributed by atoms with E-state index in [-0.39, 0.29) is 19.4 Å². The van der Waals surface area contributed by atoms with E-state index >= 15 is 0 Å². The maximum Gasteiger partial charge on any atom is 0.306 e. The number of ether oxygens (including phenoxy) is 6. The molecule has 0 spiro atoms. The normalized spacial score (nSPS) is 18.7. The molecule has 15 heteroatoms. The third-order valence-corrected chi connectivity index (χ3v) is 13.3. The molecule has 1 saturated heterocycles. The van der Waals surface area contributed by atoms with Crippen LogP contribution in [0.25, 0.3) is 0 Å². The Kier molecular flexibility index (Phi) is 30.8. The van der Waals surface area contributed by atoms with Crippen molar-refractivity contribution in [1.82, 2.24) is 5.32 Å². The van der Waals surface area contributed by atoms with Crippen molar-refractivity contribution < 1.29 is 52.3 Å². The van der Waals surface area contributed by atoms with Crippen LogP contribution in [0.2, 0.25) is 23.1 Å².